The molecule has 1 fully saturated rings. The third-order valence-corrected chi connectivity index (χ3v) is 5.14. The van der Waals surface area contributed by atoms with Gasteiger partial charge in [-0.1, -0.05) is 0 Å². The van der Waals surface area contributed by atoms with Crippen LogP contribution in [0.5, 0.6) is 0 Å². The van der Waals surface area contributed by atoms with Crippen LogP contribution in [0.25, 0.3) is 11.0 Å². The molecule has 3 rings (SSSR count). The molecule has 0 bridgehead atoms. The molecule has 0 aliphatic heterocycles. The Morgan fingerprint density at radius 2 is 2.28 bits per heavy atom. The molecule has 18 heavy (non-hydrogen) atoms. The fraction of sp³-hybridized carbons (Fsp3) is 0.571. The molecule has 1 aromatic heterocycles. The predicted molar refractivity (Wildman–Crippen MR) is 76.1 cm³/mol. The second-order valence-electron chi connectivity index (χ2n) is 5.22. The van der Waals surface area contributed by atoms with Crippen LogP contribution >= 0.6 is 0 Å². The molecular formula is C14H19N3Se. The zero-order valence-electron chi connectivity index (χ0n) is 10.7. The fourth-order valence-electron chi connectivity index (χ4n) is 2.94. The van der Waals surface area contributed by atoms with E-state index in [-0.39, 0.29) is 15.0 Å². The number of fused-ring (bicyclic) bond motifs is 1. The summed E-state index contributed by atoms with van der Waals surface area (Å²) in [5.41, 5.74) is 3.36. The average molecular weight is 308 g/mol. The number of rotatable bonds is 3. The van der Waals surface area contributed by atoms with Gasteiger partial charge in [0.2, 0.25) is 0 Å². The van der Waals surface area contributed by atoms with E-state index >= 15 is 0 Å². The van der Waals surface area contributed by atoms with Gasteiger partial charge in [-0.2, -0.15) is 0 Å². The van der Waals surface area contributed by atoms with E-state index < -0.39 is 0 Å². The molecular weight excluding hydrogens is 289 g/mol. The average Bonchev–Trinajstić information content (AvgIpc) is 2.88. The molecule has 2 unspecified atom stereocenters. The Kier molecular flexibility index (Phi) is 3.67. The number of hydrogen-bond donors (Lipinski definition) is 1. The summed E-state index contributed by atoms with van der Waals surface area (Å²) in [6.45, 7) is 2.31. The van der Waals surface area contributed by atoms with Crippen molar-refractivity contribution in [2.45, 2.75) is 45.1 Å². The van der Waals surface area contributed by atoms with Crippen molar-refractivity contribution in [1.29, 1.82) is 0 Å². The summed E-state index contributed by atoms with van der Waals surface area (Å²) in [5, 5.41) is 3.70. The predicted octanol–water partition coefficient (Wildman–Crippen LogP) is 3.07. The van der Waals surface area contributed by atoms with Gasteiger partial charge in [0.25, 0.3) is 0 Å². The Hall–Kier alpha value is -0.861. The van der Waals surface area contributed by atoms with Gasteiger partial charge in [-0.3, -0.25) is 0 Å². The van der Waals surface area contributed by atoms with E-state index in [1.54, 1.807) is 0 Å². The molecule has 1 heterocycles. The van der Waals surface area contributed by atoms with E-state index in [1.807, 2.05) is 0 Å². The molecule has 1 aliphatic carbocycles. The van der Waals surface area contributed by atoms with Gasteiger partial charge in [0.05, 0.1) is 0 Å². The molecule has 96 valence electrons. The van der Waals surface area contributed by atoms with Crippen molar-refractivity contribution in [3.63, 3.8) is 0 Å². The van der Waals surface area contributed by atoms with Gasteiger partial charge in [-0.25, -0.2) is 0 Å². The van der Waals surface area contributed by atoms with E-state index in [4.69, 9.17) is 0 Å². The van der Waals surface area contributed by atoms with Crippen LogP contribution in [-0.4, -0.2) is 29.0 Å². The van der Waals surface area contributed by atoms with Crippen molar-refractivity contribution in [2.24, 2.45) is 5.92 Å². The molecule has 2 atom stereocenters. The SMILES string of the molecule is CCC1CCCC(Nc2cccc3n[se]nc23)C1. The van der Waals surface area contributed by atoms with Crippen molar-refractivity contribution >= 4 is 31.7 Å². The molecule has 1 N–H and O–H groups in total. The standard InChI is InChI=1S/C14H19N3Se/c1-2-10-5-3-6-11(9-10)15-12-7-4-8-13-14(12)17-18-16-13/h4,7-8,10-11,15H,2-3,5-6,9H2,1H3. The quantitative estimate of drug-likeness (QED) is 0.886. The second-order valence-corrected chi connectivity index (χ2v) is 6.33. The molecule has 3 nitrogen and oxygen atoms in total. The van der Waals surface area contributed by atoms with Gasteiger partial charge in [0, 0.05) is 0 Å². The first-order chi connectivity index (χ1) is 8.86. The Bertz CT molecular complexity index is 522. The van der Waals surface area contributed by atoms with E-state index in [0.717, 1.165) is 17.0 Å². The van der Waals surface area contributed by atoms with Gasteiger partial charge in [0.1, 0.15) is 0 Å². The normalized spacial score (nSPS) is 24.3. The van der Waals surface area contributed by atoms with Crippen LogP contribution in [0.2, 0.25) is 0 Å². The summed E-state index contributed by atoms with van der Waals surface area (Å²) in [7, 11) is 0. The molecule has 2 aromatic rings. The number of nitrogens with zero attached hydrogens (tertiary/aromatic N) is 2. The van der Waals surface area contributed by atoms with E-state index in [0.29, 0.717) is 6.04 Å². The van der Waals surface area contributed by atoms with Crippen LogP contribution in [0.4, 0.5) is 5.69 Å². The fourth-order valence-corrected chi connectivity index (χ4v) is 4.09. The topological polar surface area (TPSA) is 37.8 Å². The molecule has 1 saturated carbocycles. The van der Waals surface area contributed by atoms with Crippen molar-refractivity contribution in [2.75, 3.05) is 5.32 Å². The van der Waals surface area contributed by atoms with Crippen LogP contribution in [0.15, 0.2) is 18.2 Å². The Balaban J connectivity index is 1.77. The van der Waals surface area contributed by atoms with Gasteiger partial charge in [0.15, 0.2) is 0 Å². The summed E-state index contributed by atoms with van der Waals surface area (Å²) in [6, 6.07) is 6.92. The summed E-state index contributed by atoms with van der Waals surface area (Å²) < 4.78 is 8.98. The summed E-state index contributed by atoms with van der Waals surface area (Å²) >= 11 is 0.0681. The second kappa shape index (κ2) is 5.41. The zero-order chi connectivity index (χ0) is 12.4. The minimum atomic E-state index is 0.0681. The first-order valence-corrected chi connectivity index (χ1v) is 8.38. The number of anilines is 1. The molecule has 0 amide bonds. The first kappa shape index (κ1) is 12.2. The Labute approximate surface area is 114 Å². The minimum absolute atomic E-state index is 0.0681. The van der Waals surface area contributed by atoms with Crippen molar-refractivity contribution in [3.05, 3.63) is 18.2 Å². The maximum atomic E-state index is 4.54. The Morgan fingerprint density at radius 1 is 1.33 bits per heavy atom. The third kappa shape index (κ3) is 2.45. The van der Waals surface area contributed by atoms with Crippen LogP contribution in [0.1, 0.15) is 39.0 Å². The number of hydrogen-bond acceptors (Lipinski definition) is 3. The van der Waals surface area contributed by atoms with Crippen molar-refractivity contribution in [3.8, 4) is 0 Å². The number of nitrogens with one attached hydrogen (secondary N) is 1. The van der Waals surface area contributed by atoms with Gasteiger partial charge >= 0.3 is 114 Å². The van der Waals surface area contributed by atoms with E-state index in [9.17, 15) is 0 Å². The van der Waals surface area contributed by atoms with E-state index in [1.165, 1.54) is 37.8 Å². The van der Waals surface area contributed by atoms with Gasteiger partial charge in [-0.15, -0.1) is 0 Å². The molecule has 1 aromatic carbocycles. The Morgan fingerprint density at radius 3 is 3.17 bits per heavy atom. The third-order valence-electron chi connectivity index (χ3n) is 4.01. The first-order valence-electron chi connectivity index (χ1n) is 6.84. The van der Waals surface area contributed by atoms with E-state index in [2.05, 4.69) is 38.4 Å². The monoisotopic (exact) mass is 309 g/mol. The van der Waals surface area contributed by atoms with Crippen LogP contribution in [0.3, 0.4) is 0 Å². The van der Waals surface area contributed by atoms with Crippen LogP contribution < -0.4 is 5.32 Å². The van der Waals surface area contributed by atoms with Gasteiger partial charge in [-0.05, 0) is 0 Å². The number of aromatic nitrogens is 2. The molecule has 0 radical (unpaired) electrons. The summed E-state index contributed by atoms with van der Waals surface area (Å²) in [5.74, 6) is 0.902. The molecule has 0 spiro atoms. The maximum absolute atomic E-state index is 4.54. The summed E-state index contributed by atoms with van der Waals surface area (Å²) in [6.07, 6.45) is 6.68. The molecule has 4 heteroatoms. The summed E-state index contributed by atoms with van der Waals surface area (Å²) in [4.78, 5) is 0. The van der Waals surface area contributed by atoms with Crippen LogP contribution in [0, 0.1) is 5.92 Å². The molecule has 0 saturated heterocycles. The van der Waals surface area contributed by atoms with Gasteiger partial charge < -0.3 is 0 Å². The van der Waals surface area contributed by atoms with Crippen molar-refractivity contribution in [1.82, 2.24) is 7.96 Å². The van der Waals surface area contributed by atoms with Crippen molar-refractivity contribution < 1.29 is 0 Å². The van der Waals surface area contributed by atoms with Crippen LogP contribution in [-0.2, 0) is 0 Å². The molecule has 1 aliphatic rings. The number of benzene rings is 1. The zero-order valence-corrected chi connectivity index (χ0v) is 12.4.